The molecule has 29 heavy (non-hydrogen) atoms. The van der Waals surface area contributed by atoms with Gasteiger partial charge in [-0.25, -0.2) is 0 Å². The summed E-state index contributed by atoms with van der Waals surface area (Å²) in [6, 6.07) is 18.7. The summed E-state index contributed by atoms with van der Waals surface area (Å²) in [5.74, 6) is -0.0155. The Labute approximate surface area is 171 Å². The first kappa shape index (κ1) is 18.7. The van der Waals surface area contributed by atoms with Crippen molar-refractivity contribution in [3.05, 3.63) is 88.4 Å². The largest absolute Gasteiger partial charge is 0.457 e. The second-order valence-corrected chi connectivity index (χ2v) is 6.90. The van der Waals surface area contributed by atoms with Crippen molar-refractivity contribution in [3.63, 3.8) is 0 Å². The van der Waals surface area contributed by atoms with Gasteiger partial charge in [0.1, 0.15) is 11.5 Å². The third-order valence-electron chi connectivity index (χ3n) is 4.36. The predicted molar refractivity (Wildman–Crippen MR) is 109 cm³/mol. The minimum Gasteiger partial charge on any atom is -0.457 e. The number of fused-ring (bicyclic) bond motifs is 1. The van der Waals surface area contributed by atoms with E-state index in [4.69, 9.17) is 16.3 Å². The van der Waals surface area contributed by atoms with Gasteiger partial charge in [0.15, 0.2) is 0 Å². The minimum atomic E-state index is -0.436. The number of hydrogen-bond acceptors (Lipinski definition) is 4. The molecule has 3 amide bonds. The van der Waals surface area contributed by atoms with Gasteiger partial charge in [-0.3, -0.25) is 19.7 Å². The third-order valence-corrected chi connectivity index (χ3v) is 4.61. The van der Waals surface area contributed by atoms with Gasteiger partial charge in [-0.05, 0) is 60.2 Å². The monoisotopic (exact) mass is 406 g/mol. The number of halogens is 1. The van der Waals surface area contributed by atoms with E-state index in [9.17, 15) is 14.4 Å². The minimum absolute atomic E-state index is 0.143. The van der Waals surface area contributed by atoms with E-state index in [0.717, 1.165) is 5.56 Å². The summed E-state index contributed by atoms with van der Waals surface area (Å²) in [5, 5.41) is 5.69. The molecule has 0 bridgehead atoms. The zero-order valence-electron chi connectivity index (χ0n) is 15.1. The van der Waals surface area contributed by atoms with Gasteiger partial charge in [0, 0.05) is 10.7 Å². The topological polar surface area (TPSA) is 84.5 Å². The molecule has 7 heteroatoms. The van der Waals surface area contributed by atoms with Gasteiger partial charge in [-0.2, -0.15) is 0 Å². The highest BCUT2D eigenvalue weighted by atomic mass is 35.5. The lowest BCUT2D eigenvalue weighted by atomic mass is 10.1. The van der Waals surface area contributed by atoms with Gasteiger partial charge in [0.2, 0.25) is 5.91 Å². The maximum absolute atomic E-state index is 12.2. The molecule has 0 saturated carbocycles. The normalized spacial score (nSPS) is 12.3. The maximum atomic E-state index is 12.2. The van der Waals surface area contributed by atoms with Crippen LogP contribution in [-0.2, 0) is 11.2 Å². The average Bonchev–Trinajstić information content (AvgIpc) is 2.98. The Morgan fingerprint density at radius 1 is 0.862 bits per heavy atom. The summed E-state index contributed by atoms with van der Waals surface area (Å²) in [4.78, 5) is 35.5. The molecule has 3 aromatic carbocycles. The summed E-state index contributed by atoms with van der Waals surface area (Å²) in [7, 11) is 0. The molecule has 0 spiro atoms. The lowest BCUT2D eigenvalue weighted by molar-refractivity contribution is -0.115. The number of nitrogens with one attached hydrogen (secondary N) is 2. The molecule has 144 valence electrons. The number of carbonyl (C=O) groups is 3. The third kappa shape index (κ3) is 4.28. The van der Waals surface area contributed by atoms with Crippen molar-refractivity contribution < 1.29 is 19.1 Å². The van der Waals surface area contributed by atoms with E-state index in [-0.39, 0.29) is 12.3 Å². The molecule has 0 fully saturated rings. The van der Waals surface area contributed by atoms with Crippen LogP contribution in [0.25, 0.3) is 0 Å². The molecule has 0 atom stereocenters. The molecule has 0 aromatic heterocycles. The molecule has 0 saturated heterocycles. The summed E-state index contributed by atoms with van der Waals surface area (Å²) in [5.41, 5.74) is 2.13. The molecule has 4 rings (SSSR count). The molecule has 3 aromatic rings. The van der Waals surface area contributed by atoms with Gasteiger partial charge < -0.3 is 10.1 Å². The summed E-state index contributed by atoms with van der Waals surface area (Å²) in [6.07, 6.45) is 0.241. The van der Waals surface area contributed by atoms with Gasteiger partial charge in [-0.1, -0.05) is 23.7 Å². The Hall–Kier alpha value is -3.64. The molecule has 1 heterocycles. The molecule has 6 nitrogen and oxygen atoms in total. The molecule has 0 radical (unpaired) electrons. The first-order valence-electron chi connectivity index (χ1n) is 8.80. The van der Waals surface area contributed by atoms with Crippen molar-refractivity contribution in [2.75, 3.05) is 5.32 Å². The molecule has 0 unspecified atom stereocenters. The number of rotatable bonds is 5. The number of anilines is 1. The number of amides is 3. The molecular formula is C22H15ClN2O4. The Morgan fingerprint density at radius 2 is 1.52 bits per heavy atom. The van der Waals surface area contributed by atoms with E-state index in [2.05, 4.69) is 10.6 Å². The lowest BCUT2D eigenvalue weighted by Crippen LogP contribution is -2.19. The van der Waals surface area contributed by atoms with Gasteiger partial charge in [0.25, 0.3) is 11.8 Å². The van der Waals surface area contributed by atoms with Gasteiger partial charge in [0.05, 0.1) is 17.5 Å². The van der Waals surface area contributed by atoms with Crippen LogP contribution in [0.15, 0.2) is 66.7 Å². The van der Waals surface area contributed by atoms with Crippen molar-refractivity contribution >= 4 is 35.0 Å². The van der Waals surface area contributed by atoms with Crippen LogP contribution in [0.4, 0.5) is 5.69 Å². The lowest BCUT2D eigenvalue weighted by Gasteiger charge is -2.09. The second-order valence-electron chi connectivity index (χ2n) is 6.47. The van der Waals surface area contributed by atoms with Crippen molar-refractivity contribution in [2.24, 2.45) is 0 Å². The van der Waals surface area contributed by atoms with E-state index < -0.39 is 11.8 Å². The fourth-order valence-electron chi connectivity index (χ4n) is 2.95. The fourth-order valence-corrected chi connectivity index (χ4v) is 3.07. The van der Waals surface area contributed by atoms with Gasteiger partial charge in [-0.15, -0.1) is 0 Å². The van der Waals surface area contributed by atoms with E-state index in [1.54, 1.807) is 48.5 Å². The molecule has 2 N–H and O–H groups in total. The van der Waals surface area contributed by atoms with Crippen molar-refractivity contribution in [1.29, 1.82) is 0 Å². The van der Waals surface area contributed by atoms with E-state index in [0.29, 0.717) is 33.3 Å². The van der Waals surface area contributed by atoms with Gasteiger partial charge >= 0.3 is 0 Å². The number of hydrogen-bond donors (Lipinski definition) is 2. The van der Waals surface area contributed by atoms with E-state index >= 15 is 0 Å². The van der Waals surface area contributed by atoms with Crippen LogP contribution in [0.3, 0.4) is 0 Å². The zero-order valence-corrected chi connectivity index (χ0v) is 15.8. The number of benzene rings is 3. The Bertz CT molecular complexity index is 1110. The average molecular weight is 407 g/mol. The number of ether oxygens (including phenoxy) is 1. The van der Waals surface area contributed by atoms with E-state index in [1.165, 1.54) is 6.07 Å². The maximum Gasteiger partial charge on any atom is 0.259 e. The van der Waals surface area contributed by atoms with Crippen LogP contribution in [0.2, 0.25) is 5.02 Å². The Balaban J connectivity index is 1.39. The number of imide groups is 1. The Kier molecular flexibility index (Phi) is 5.01. The molecule has 1 aliphatic rings. The molecular weight excluding hydrogens is 392 g/mol. The fraction of sp³-hybridized carbons (Fsp3) is 0.0455. The first-order valence-corrected chi connectivity index (χ1v) is 9.18. The predicted octanol–water partition coefficient (Wildman–Crippen LogP) is 4.20. The first-order chi connectivity index (χ1) is 14.0. The highest BCUT2D eigenvalue weighted by molar-refractivity contribution is 6.30. The van der Waals surface area contributed by atoms with Crippen LogP contribution in [0.5, 0.6) is 11.5 Å². The SMILES string of the molecule is O=C(Cc1ccc(Cl)cc1)Nc1ccc(Oc2ccc3c(c2)C(=O)NC3=O)cc1. The smallest absolute Gasteiger partial charge is 0.259 e. The van der Waals surface area contributed by atoms with E-state index in [1.807, 2.05) is 12.1 Å². The highest BCUT2D eigenvalue weighted by Gasteiger charge is 2.26. The summed E-state index contributed by atoms with van der Waals surface area (Å²) in [6.45, 7) is 0. The van der Waals surface area contributed by atoms with Crippen LogP contribution in [0, 0.1) is 0 Å². The van der Waals surface area contributed by atoms with Crippen LogP contribution >= 0.6 is 11.6 Å². The second kappa shape index (κ2) is 7.77. The van der Waals surface area contributed by atoms with Crippen molar-refractivity contribution in [1.82, 2.24) is 5.32 Å². The number of carbonyl (C=O) groups excluding carboxylic acids is 3. The van der Waals surface area contributed by atoms with Crippen LogP contribution in [-0.4, -0.2) is 17.7 Å². The van der Waals surface area contributed by atoms with Crippen LogP contribution < -0.4 is 15.4 Å². The van der Waals surface area contributed by atoms with Crippen molar-refractivity contribution in [2.45, 2.75) is 6.42 Å². The molecule has 0 aliphatic carbocycles. The Morgan fingerprint density at radius 3 is 2.24 bits per heavy atom. The molecule has 1 aliphatic heterocycles. The highest BCUT2D eigenvalue weighted by Crippen LogP contribution is 2.27. The quantitative estimate of drug-likeness (QED) is 0.622. The summed E-state index contributed by atoms with van der Waals surface area (Å²) < 4.78 is 5.74. The zero-order chi connectivity index (χ0) is 20.4. The standard InChI is InChI=1S/C22H15ClN2O4/c23-14-3-1-13(2-4-14)11-20(26)24-15-5-7-16(8-6-15)29-17-9-10-18-19(12-17)22(28)25-21(18)27/h1-10,12H,11H2,(H,24,26)(H,25,27,28). The van der Waals surface area contributed by atoms with Crippen molar-refractivity contribution in [3.8, 4) is 11.5 Å². The summed E-state index contributed by atoms with van der Waals surface area (Å²) >= 11 is 5.84. The van der Waals surface area contributed by atoms with Crippen LogP contribution in [0.1, 0.15) is 26.3 Å².